The van der Waals surface area contributed by atoms with Crippen LogP contribution >= 0.6 is 0 Å². The van der Waals surface area contributed by atoms with Crippen molar-refractivity contribution in [3.8, 4) is 0 Å². The van der Waals surface area contributed by atoms with E-state index in [0.717, 1.165) is 25.8 Å². The lowest BCUT2D eigenvalue weighted by atomic mass is 9.76. The Morgan fingerprint density at radius 1 is 1.20 bits per heavy atom. The predicted octanol–water partition coefficient (Wildman–Crippen LogP) is 0.456. The van der Waals surface area contributed by atoms with Crippen LogP contribution in [0.15, 0.2) is 0 Å². The van der Waals surface area contributed by atoms with Crippen molar-refractivity contribution in [2.24, 2.45) is 5.92 Å². The molecule has 0 amide bonds. The van der Waals surface area contributed by atoms with E-state index in [1.807, 2.05) is 0 Å². The van der Waals surface area contributed by atoms with Crippen LogP contribution in [0, 0.1) is 5.92 Å². The van der Waals surface area contributed by atoms with E-state index in [2.05, 4.69) is 10.0 Å². The molecular formula is C10H20N2O2S. The fourth-order valence-electron chi connectivity index (χ4n) is 2.97. The Morgan fingerprint density at radius 3 is 2.73 bits per heavy atom. The molecule has 5 heteroatoms. The summed E-state index contributed by atoms with van der Waals surface area (Å²) in [7, 11) is -3.05. The first-order valence-corrected chi connectivity index (χ1v) is 7.66. The summed E-state index contributed by atoms with van der Waals surface area (Å²) in [6, 6.07) is 0.693. The van der Waals surface area contributed by atoms with Crippen molar-refractivity contribution < 1.29 is 8.42 Å². The van der Waals surface area contributed by atoms with E-state index in [0.29, 0.717) is 12.0 Å². The lowest BCUT2D eigenvalue weighted by Crippen LogP contribution is -2.54. The summed E-state index contributed by atoms with van der Waals surface area (Å²) in [4.78, 5) is 0. The van der Waals surface area contributed by atoms with Gasteiger partial charge in [-0.25, -0.2) is 13.1 Å². The van der Waals surface area contributed by atoms with Gasteiger partial charge >= 0.3 is 0 Å². The monoisotopic (exact) mass is 232 g/mol. The molecule has 0 spiro atoms. The average Bonchev–Trinajstić information content (AvgIpc) is 2.16. The van der Waals surface area contributed by atoms with Gasteiger partial charge in [0, 0.05) is 12.1 Å². The third kappa shape index (κ3) is 2.92. The molecule has 0 aromatic rings. The van der Waals surface area contributed by atoms with Crippen molar-refractivity contribution >= 4 is 10.0 Å². The number of hydrogen-bond acceptors (Lipinski definition) is 3. The molecule has 88 valence electrons. The topological polar surface area (TPSA) is 58.2 Å². The third-order valence-electron chi connectivity index (χ3n) is 3.55. The number of fused-ring (bicyclic) bond motifs is 1. The van der Waals surface area contributed by atoms with Crippen LogP contribution in [0.5, 0.6) is 0 Å². The molecule has 4 nitrogen and oxygen atoms in total. The zero-order chi connectivity index (χ0) is 10.9. The van der Waals surface area contributed by atoms with Crippen molar-refractivity contribution in [1.82, 2.24) is 10.0 Å². The van der Waals surface area contributed by atoms with Gasteiger partial charge in [0.25, 0.3) is 0 Å². The molecule has 1 aliphatic heterocycles. The standard InChI is InChI=1S/C10H20N2O2S/c1-15(13,14)12-10-6-2-5-9-8(10)4-3-7-11-9/h8-12H,2-7H2,1H3/t8-,9+,10+/m0/s1. The Balaban J connectivity index is 2.03. The van der Waals surface area contributed by atoms with Gasteiger partial charge in [-0.2, -0.15) is 0 Å². The average molecular weight is 232 g/mol. The number of rotatable bonds is 2. The van der Waals surface area contributed by atoms with Crippen LogP contribution in [0.25, 0.3) is 0 Å². The molecule has 0 aromatic carbocycles. The Bertz CT molecular complexity index is 313. The zero-order valence-electron chi connectivity index (χ0n) is 9.20. The van der Waals surface area contributed by atoms with Crippen LogP contribution in [0.3, 0.4) is 0 Å². The van der Waals surface area contributed by atoms with Crippen molar-refractivity contribution in [3.05, 3.63) is 0 Å². The van der Waals surface area contributed by atoms with Crippen LogP contribution in [0.1, 0.15) is 32.1 Å². The molecule has 1 aliphatic carbocycles. The Morgan fingerprint density at radius 2 is 2.00 bits per heavy atom. The van der Waals surface area contributed by atoms with Gasteiger partial charge in [0.05, 0.1) is 6.26 Å². The number of hydrogen-bond donors (Lipinski definition) is 2. The maximum atomic E-state index is 11.2. The number of sulfonamides is 1. The molecule has 1 saturated heterocycles. The molecule has 1 heterocycles. The molecule has 2 aliphatic rings. The minimum Gasteiger partial charge on any atom is -0.314 e. The van der Waals surface area contributed by atoms with E-state index >= 15 is 0 Å². The van der Waals surface area contributed by atoms with Gasteiger partial charge in [-0.3, -0.25) is 0 Å². The zero-order valence-corrected chi connectivity index (χ0v) is 10.0. The molecule has 0 aromatic heterocycles. The molecule has 0 bridgehead atoms. The molecule has 2 N–H and O–H groups in total. The molecule has 0 unspecified atom stereocenters. The molecular weight excluding hydrogens is 212 g/mol. The summed E-state index contributed by atoms with van der Waals surface area (Å²) in [5, 5.41) is 3.50. The van der Waals surface area contributed by atoms with E-state index < -0.39 is 10.0 Å². The lowest BCUT2D eigenvalue weighted by Gasteiger charge is -2.41. The van der Waals surface area contributed by atoms with E-state index in [1.165, 1.54) is 19.1 Å². The van der Waals surface area contributed by atoms with Gasteiger partial charge in [0.1, 0.15) is 0 Å². The highest BCUT2D eigenvalue weighted by Crippen LogP contribution is 2.31. The first-order chi connectivity index (χ1) is 7.06. The second kappa shape index (κ2) is 4.39. The largest absolute Gasteiger partial charge is 0.314 e. The van der Waals surface area contributed by atoms with Crippen LogP contribution in [0.4, 0.5) is 0 Å². The van der Waals surface area contributed by atoms with Crippen molar-refractivity contribution in [2.75, 3.05) is 12.8 Å². The normalized spacial score (nSPS) is 37.3. The van der Waals surface area contributed by atoms with Gasteiger partial charge in [-0.05, 0) is 38.1 Å². The quantitative estimate of drug-likeness (QED) is 0.727. The second-order valence-electron chi connectivity index (χ2n) is 4.79. The summed E-state index contributed by atoms with van der Waals surface area (Å²) in [6.45, 7) is 1.09. The minimum atomic E-state index is -3.05. The minimum absolute atomic E-state index is 0.159. The summed E-state index contributed by atoms with van der Waals surface area (Å²) in [5.41, 5.74) is 0. The first kappa shape index (κ1) is 11.4. The van der Waals surface area contributed by atoms with E-state index in [-0.39, 0.29) is 6.04 Å². The molecule has 15 heavy (non-hydrogen) atoms. The summed E-state index contributed by atoms with van der Waals surface area (Å²) < 4.78 is 25.3. The molecule has 2 rings (SSSR count). The van der Waals surface area contributed by atoms with Crippen molar-refractivity contribution in [2.45, 2.75) is 44.2 Å². The van der Waals surface area contributed by atoms with Gasteiger partial charge in [-0.1, -0.05) is 6.42 Å². The highest BCUT2D eigenvalue weighted by Gasteiger charge is 2.35. The second-order valence-corrected chi connectivity index (χ2v) is 6.57. The fourth-order valence-corrected chi connectivity index (χ4v) is 3.81. The van der Waals surface area contributed by atoms with Gasteiger partial charge in [0.2, 0.25) is 10.0 Å². The first-order valence-electron chi connectivity index (χ1n) is 5.77. The van der Waals surface area contributed by atoms with Crippen molar-refractivity contribution in [1.29, 1.82) is 0 Å². The Labute approximate surface area is 91.9 Å². The lowest BCUT2D eigenvalue weighted by molar-refractivity contribution is 0.175. The molecule has 1 saturated carbocycles. The van der Waals surface area contributed by atoms with Crippen LogP contribution in [-0.2, 0) is 10.0 Å². The SMILES string of the molecule is CS(=O)(=O)N[C@@H]1CCC[C@H]2NCCC[C@@H]21. The predicted molar refractivity (Wildman–Crippen MR) is 60.1 cm³/mol. The maximum Gasteiger partial charge on any atom is 0.208 e. The van der Waals surface area contributed by atoms with Crippen molar-refractivity contribution in [3.63, 3.8) is 0 Å². The van der Waals surface area contributed by atoms with Crippen LogP contribution in [0.2, 0.25) is 0 Å². The van der Waals surface area contributed by atoms with E-state index in [9.17, 15) is 8.42 Å². The van der Waals surface area contributed by atoms with Crippen LogP contribution < -0.4 is 10.0 Å². The van der Waals surface area contributed by atoms with Gasteiger partial charge < -0.3 is 5.32 Å². The smallest absolute Gasteiger partial charge is 0.208 e. The highest BCUT2D eigenvalue weighted by molar-refractivity contribution is 7.88. The molecule has 2 fully saturated rings. The Kier molecular flexibility index (Phi) is 3.33. The van der Waals surface area contributed by atoms with E-state index in [4.69, 9.17) is 0 Å². The van der Waals surface area contributed by atoms with E-state index in [1.54, 1.807) is 0 Å². The summed E-state index contributed by atoms with van der Waals surface area (Å²) in [6.07, 6.45) is 6.91. The molecule has 3 atom stereocenters. The van der Waals surface area contributed by atoms with Crippen LogP contribution in [-0.4, -0.2) is 33.3 Å². The number of nitrogens with one attached hydrogen (secondary N) is 2. The summed E-state index contributed by atoms with van der Waals surface area (Å²) >= 11 is 0. The highest BCUT2D eigenvalue weighted by atomic mass is 32.2. The third-order valence-corrected chi connectivity index (χ3v) is 4.28. The molecule has 0 radical (unpaired) electrons. The summed E-state index contributed by atoms with van der Waals surface area (Å²) in [5.74, 6) is 0.502. The Hall–Kier alpha value is -0.130. The van der Waals surface area contributed by atoms with Gasteiger partial charge in [0.15, 0.2) is 0 Å². The van der Waals surface area contributed by atoms with Gasteiger partial charge in [-0.15, -0.1) is 0 Å². The number of piperidine rings is 1. The maximum absolute atomic E-state index is 11.2. The fraction of sp³-hybridized carbons (Fsp3) is 1.00.